The molecule has 1 fully saturated rings. The third-order valence-electron chi connectivity index (χ3n) is 5.35. The Morgan fingerprint density at radius 3 is 2.38 bits per heavy atom. The number of likely N-dealkylation sites (tertiary alicyclic amines) is 1. The molecule has 1 heterocycles. The van der Waals surface area contributed by atoms with Crippen LogP contribution in [0, 0.1) is 5.41 Å². The van der Waals surface area contributed by atoms with E-state index in [1.807, 2.05) is 12.1 Å². The smallest absolute Gasteiger partial charge is 0.0551 e. The molecule has 1 aliphatic rings. The van der Waals surface area contributed by atoms with E-state index in [4.69, 9.17) is 17.3 Å². The van der Waals surface area contributed by atoms with Gasteiger partial charge in [0.15, 0.2) is 0 Å². The average molecular weight is 374 g/mol. The molecule has 1 saturated heterocycles. The van der Waals surface area contributed by atoms with Gasteiger partial charge in [-0.05, 0) is 65.0 Å². The number of hydrogen-bond donors (Lipinski definition) is 1. The van der Waals surface area contributed by atoms with Gasteiger partial charge in [-0.3, -0.25) is 4.90 Å². The summed E-state index contributed by atoms with van der Waals surface area (Å²) in [5.74, 6) is 0. The highest BCUT2D eigenvalue weighted by Gasteiger charge is 2.33. The first-order chi connectivity index (χ1) is 10.0. The average Bonchev–Trinajstić information content (AvgIpc) is 2.52. The predicted molar refractivity (Wildman–Crippen MR) is 94.8 cm³/mol. The molecule has 1 aromatic carbocycles. The summed E-state index contributed by atoms with van der Waals surface area (Å²) >= 11 is 9.69. The molecule has 4 heteroatoms. The molecule has 2 nitrogen and oxygen atoms in total. The Hall–Kier alpha value is -0.0900. The van der Waals surface area contributed by atoms with E-state index >= 15 is 0 Å². The lowest BCUT2D eigenvalue weighted by molar-refractivity contribution is 0.0680. The second kappa shape index (κ2) is 7.45. The Balaban J connectivity index is 2.11. The number of hydrogen-bond acceptors (Lipinski definition) is 2. The molecular weight excluding hydrogens is 348 g/mol. The third-order valence-corrected chi connectivity index (χ3v) is 6.58. The first kappa shape index (κ1) is 17.3. The van der Waals surface area contributed by atoms with Crippen LogP contribution in [-0.4, -0.2) is 24.5 Å². The predicted octanol–water partition coefficient (Wildman–Crippen LogP) is 5.00. The van der Waals surface area contributed by atoms with Crippen molar-refractivity contribution >= 4 is 27.5 Å². The molecule has 1 atom stereocenters. The molecule has 0 spiro atoms. The van der Waals surface area contributed by atoms with Gasteiger partial charge < -0.3 is 5.73 Å². The normalized spacial score (nSPS) is 20.4. The van der Waals surface area contributed by atoms with Crippen LogP contribution in [0.5, 0.6) is 0 Å². The maximum atomic E-state index is 6.24. The standard InChI is InChI=1S/C17H26BrClN2/c1-3-17(4-2)7-9-21(10-8-17)16(12-20)13-5-6-14(18)15(19)11-13/h5-6,11,16H,3-4,7-10,12,20H2,1-2H3. The van der Waals surface area contributed by atoms with Crippen LogP contribution in [0.4, 0.5) is 0 Å². The van der Waals surface area contributed by atoms with Gasteiger partial charge in [-0.15, -0.1) is 0 Å². The number of piperidine rings is 1. The van der Waals surface area contributed by atoms with Crippen LogP contribution in [0.2, 0.25) is 5.02 Å². The van der Waals surface area contributed by atoms with Crippen molar-refractivity contribution in [2.75, 3.05) is 19.6 Å². The Kier molecular flexibility index (Phi) is 6.13. The van der Waals surface area contributed by atoms with E-state index < -0.39 is 0 Å². The third kappa shape index (κ3) is 3.82. The van der Waals surface area contributed by atoms with E-state index in [0.29, 0.717) is 12.0 Å². The van der Waals surface area contributed by atoms with Gasteiger partial charge in [-0.25, -0.2) is 0 Å². The lowest BCUT2D eigenvalue weighted by atomic mass is 9.74. The van der Waals surface area contributed by atoms with E-state index in [1.54, 1.807) is 0 Å². The molecule has 0 amide bonds. The van der Waals surface area contributed by atoms with Crippen molar-refractivity contribution in [3.8, 4) is 0 Å². The van der Waals surface area contributed by atoms with E-state index in [1.165, 1.54) is 31.2 Å². The van der Waals surface area contributed by atoms with Gasteiger partial charge in [-0.1, -0.05) is 44.4 Å². The number of rotatable bonds is 5. The van der Waals surface area contributed by atoms with Crippen molar-refractivity contribution in [2.24, 2.45) is 11.1 Å². The highest BCUT2D eigenvalue weighted by molar-refractivity contribution is 9.10. The molecule has 1 aliphatic heterocycles. The van der Waals surface area contributed by atoms with Gasteiger partial charge in [0.2, 0.25) is 0 Å². The fraction of sp³-hybridized carbons (Fsp3) is 0.647. The highest BCUT2D eigenvalue weighted by atomic mass is 79.9. The number of benzene rings is 1. The lowest BCUT2D eigenvalue weighted by Gasteiger charge is -2.44. The van der Waals surface area contributed by atoms with E-state index in [9.17, 15) is 0 Å². The summed E-state index contributed by atoms with van der Waals surface area (Å²) in [4.78, 5) is 2.53. The fourth-order valence-corrected chi connectivity index (χ4v) is 3.92. The van der Waals surface area contributed by atoms with Crippen LogP contribution in [-0.2, 0) is 0 Å². The van der Waals surface area contributed by atoms with Crippen molar-refractivity contribution in [1.82, 2.24) is 4.90 Å². The molecule has 2 N–H and O–H groups in total. The summed E-state index contributed by atoms with van der Waals surface area (Å²) in [7, 11) is 0. The van der Waals surface area contributed by atoms with Gasteiger partial charge in [0.05, 0.1) is 5.02 Å². The monoisotopic (exact) mass is 372 g/mol. The Morgan fingerprint density at radius 1 is 1.29 bits per heavy atom. The zero-order valence-corrected chi connectivity index (χ0v) is 15.4. The summed E-state index contributed by atoms with van der Waals surface area (Å²) in [6.07, 6.45) is 5.13. The summed E-state index contributed by atoms with van der Waals surface area (Å²) in [6, 6.07) is 6.48. The molecule has 0 bridgehead atoms. The molecule has 21 heavy (non-hydrogen) atoms. The van der Waals surface area contributed by atoms with Crippen LogP contribution in [0.1, 0.15) is 51.1 Å². The van der Waals surface area contributed by atoms with E-state index in [0.717, 1.165) is 22.6 Å². The van der Waals surface area contributed by atoms with Crippen LogP contribution >= 0.6 is 27.5 Å². The number of nitrogens with two attached hydrogens (primary N) is 1. The van der Waals surface area contributed by atoms with Gasteiger partial charge in [0.1, 0.15) is 0 Å². The quantitative estimate of drug-likeness (QED) is 0.786. The highest BCUT2D eigenvalue weighted by Crippen LogP contribution is 2.40. The Bertz CT molecular complexity index is 464. The van der Waals surface area contributed by atoms with Crippen LogP contribution < -0.4 is 5.73 Å². The minimum Gasteiger partial charge on any atom is -0.329 e. The van der Waals surface area contributed by atoms with Crippen molar-refractivity contribution in [3.63, 3.8) is 0 Å². The van der Waals surface area contributed by atoms with E-state index in [-0.39, 0.29) is 6.04 Å². The van der Waals surface area contributed by atoms with Gasteiger partial charge in [0.25, 0.3) is 0 Å². The summed E-state index contributed by atoms with van der Waals surface area (Å²) in [5.41, 5.74) is 7.84. The largest absolute Gasteiger partial charge is 0.329 e. The maximum Gasteiger partial charge on any atom is 0.0551 e. The lowest BCUT2D eigenvalue weighted by Crippen LogP contribution is -2.43. The van der Waals surface area contributed by atoms with Crippen LogP contribution in [0.25, 0.3) is 0 Å². The SMILES string of the molecule is CCC1(CC)CCN(C(CN)c2ccc(Br)c(Cl)c2)CC1. The molecule has 1 aromatic rings. The molecule has 0 radical (unpaired) electrons. The molecule has 118 valence electrons. The first-order valence-electron chi connectivity index (χ1n) is 7.94. The summed E-state index contributed by atoms with van der Waals surface area (Å²) in [5, 5.41) is 0.763. The van der Waals surface area contributed by atoms with Crippen molar-refractivity contribution < 1.29 is 0 Å². The van der Waals surface area contributed by atoms with Gasteiger partial charge in [-0.2, -0.15) is 0 Å². The summed E-state index contributed by atoms with van der Waals surface area (Å²) < 4.78 is 0.943. The minimum absolute atomic E-state index is 0.280. The Labute approximate surface area is 142 Å². The van der Waals surface area contributed by atoms with Crippen molar-refractivity contribution in [3.05, 3.63) is 33.3 Å². The second-order valence-corrected chi connectivity index (χ2v) is 7.43. The minimum atomic E-state index is 0.280. The van der Waals surface area contributed by atoms with Crippen molar-refractivity contribution in [2.45, 2.75) is 45.6 Å². The number of halogens is 2. The number of nitrogens with zero attached hydrogens (tertiary/aromatic N) is 1. The first-order valence-corrected chi connectivity index (χ1v) is 9.11. The van der Waals surface area contributed by atoms with Crippen molar-refractivity contribution in [1.29, 1.82) is 0 Å². The zero-order chi connectivity index (χ0) is 15.5. The van der Waals surface area contributed by atoms with Crippen LogP contribution in [0.3, 0.4) is 0 Å². The van der Waals surface area contributed by atoms with Crippen LogP contribution in [0.15, 0.2) is 22.7 Å². The second-order valence-electron chi connectivity index (χ2n) is 6.17. The molecule has 0 saturated carbocycles. The Morgan fingerprint density at radius 2 is 1.90 bits per heavy atom. The zero-order valence-electron chi connectivity index (χ0n) is 13.0. The maximum absolute atomic E-state index is 6.24. The molecule has 0 aliphatic carbocycles. The fourth-order valence-electron chi connectivity index (χ4n) is 3.48. The molecular formula is C17H26BrClN2. The van der Waals surface area contributed by atoms with Gasteiger partial charge in [0, 0.05) is 17.1 Å². The molecule has 0 aromatic heterocycles. The van der Waals surface area contributed by atoms with E-state index in [2.05, 4.69) is 40.7 Å². The topological polar surface area (TPSA) is 29.3 Å². The van der Waals surface area contributed by atoms with Gasteiger partial charge >= 0.3 is 0 Å². The molecule has 2 rings (SSSR count). The summed E-state index contributed by atoms with van der Waals surface area (Å²) in [6.45, 7) is 7.57. The molecule has 1 unspecified atom stereocenters.